The van der Waals surface area contributed by atoms with Gasteiger partial charge in [-0.15, -0.1) is 0 Å². The van der Waals surface area contributed by atoms with Crippen LogP contribution in [0.2, 0.25) is 5.02 Å². The van der Waals surface area contributed by atoms with Crippen LogP contribution in [0, 0.1) is 11.3 Å². The number of benzene rings is 1. The van der Waals surface area contributed by atoms with Gasteiger partial charge in [0.1, 0.15) is 24.0 Å². The van der Waals surface area contributed by atoms with E-state index in [9.17, 15) is 14.7 Å². The lowest BCUT2D eigenvalue weighted by molar-refractivity contribution is -0.134. The molecular weight excluding hydrogens is 392 g/mol. The van der Waals surface area contributed by atoms with Gasteiger partial charge < -0.3 is 15.2 Å². The van der Waals surface area contributed by atoms with E-state index in [4.69, 9.17) is 16.3 Å². The number of amides is 3. The van der Waals surface area contributed by atoms with Crippen LogP contribution in [-0.2, 0) is 4.79 Å². The van der Waals surface area contributed by atoms with E-state index in [1.807, 2.05) is 0 Å². The number of hydrogen-bond donors (Lipinski definition) is 2. The second-order valence-corrected chi connectivity index (χ2v) is 9.40. The highest BCUT2D eigenvalue weighted by Gasteiger charge is 2.53. The molecule has 0 radical (unpaired) electrons. The van der Waals surface area contributed by atoms with Gasteiger partial charge in [-0.1, -0.05) is 38.8 Å². The van der Waals surface area contributed by atoms with E-state index >= 15 is 0 Å². The van der Waals surface area contributed by atoms with Crippen LogP contribution in [-0.4, -0.2) is 46.7 Å². The summed E-state index contributed by atoms with van der Waals surface area (Å²) in [5, 5.41) is 13.8. The second kappa shape index (κ2) is 8.52. The maximum absolute atomic E-state index is 13.0. The van der Waals surface area contributed by atoms with Crippen LogP contribution in [0.4, 0.5) is 4.79 Å². The summed E-state index contributed by atoms with van der Waals surface area (Å²) >= 11 is 5.84. The molecule has 1 unspecified atom stereocenters. The van der Waals surface area contributed by atoms with Crippen LogP contribution in [0.25, 0.3) is 0 Å². The summed E-state index contributed by atoms with van der Waals surface area (Å²) in [5.74, 6) is 0.898. The van der Waals surface area contributed by atoms with Crippen molar-refractivity contribution in [2.24, 2.45) is 11.3 Å². The molecule has 1 saturated heterocycles. The molecule has 0 bridgehead atoms. The smallest absolute Gasteiger partial charge is 0.325 e. The van der Waals surface area contributed by atoms with Crippen molar-refractivity contribution in [2.75, 3.05) is 13.2 Å². The first-order chi connectivity index (χ1) is 13.7. The molecule has 0 aromatic heterocycles. The topological polar surface area (TPSA) is 78.9 Å². The lowest BCUT2D eigenvalue weighted by atomic mass is 9.65. The zero-order valence-electron chi connectivity index (χ0n) is 17.4. The van der Waals surface area contributed by atoms with Gasteiger partial charge in [0.15, 0.2) is 0 Å². The first-order valence-corrected chi connectivity index (χ1v) is 10.8. The Kier molecular flexibility index (Phi) is 6.44. The van der Waals surface area contributed by atoms with Crippen molar-refractivity contribution < 1.29 is 19.4 Å². The number of rotatable bonds is 7. The molecule has 2 N–H and O–H groups in total. The molecule has 1 spiro atoms. The Labute approximate surface area is 177 Å². The number of imide groups is 1. The SMILES string of the molecule is CCC(C)(C)C1CCC2(CC1)NC(=O)N(CC(O)COc1ccc(Cl)cc1)C2=O. The molecule has 2 aliphatic rings. The van der Waals surface area contributed by atoms with Gasteiger partial charge in [-0.3, -0.25) is 9.69 Å². The molecule has 6 nitrogen and oxygen atoms in total. The number of urea groups is 1. The van der Waals surface area contributed by atoms with Crippen LogP contribution in [0.3, 0.4) is 0 Å². The van der Waals surface area contributed by atoms with Gasteiger partial charge in [0, 0.05) is 5.02 Å². The van der Waals surface area contributed by atoms with Crippen molar-refractivity contribution in [3.05, 3.63) is 29.3 Å². The van der Waals surface area contributed by atoms with Crippen molar-refractivity contribution in [1.82, 2.24) is 10.2 Å². The first-order valence-electron chi connectivity index (χ1n) is 10.4. The van der Waals surface area contributed by atoms with Gasteiger partial charge >= 0.3 is 6.03 Å². The number of nitrogens with zero attached hydrogens (tertiary/aromatic N) is 1. The summed E-state index contributed by atoms with van der Waals surface area (Å²) < 4.78 is 5.53. The number of carbonyl (C=O) groups is 2. The quantitative estimate of drug-likeness (QED) is 0.651. The highest BCUT2D eigenvalue weighted by molar-refractivity contribution is 6.30. The monoisotopic (exact) mass is 422 g/mol. The minimum Gasteiger partial charge on any atom is -0.491 e. The summed E-state index contributed by atoms with van der Waals surface area (Å²) in [6.45, 7) is 6.65. The van der Waals surface area contributed by atoms with E-state index in [1.165, 1.54) is 0 Å². The summed E-state index contributed by atoms with van der Waals surface area (Å²) in [5.41, 5.74) is -0.573. The minimum atomic E-state index is -0.967. The van der Waals surface area contributed by atoms with Crippen LogP contribution in [0.5, 0.6) is 5.75 Å². The fourth-order valence-corrected chi connectivity index (χ4v) is 4.47. The van der Waals surface area contributed by atoms with E-state index in [0.29, 0.717) is 29.5 Å². The highest BCUT2D eigenvalue weighted by atomic mass is 35.5. The summed E-state index contributed by atoms with van der Waals surface area (Å²) in [6.07, 6.45) is 3.27. The Bertz CT molecular complexity index is 742. The standard InChI is InChI=1S/C22H31ClN2O4/c1-4-21(2,3)15-9-11-22(12-10-15)19(27)25(20(28)24-22)13-17(26)14-29-18-7-5-16(23)6-8-18/h5-8,15,17,26H,4,9-14H2,1-3H3,(H,24,28). The molecule has 2 fully saturated rings. The van der Waals surface area contributed by atoms with Crippen molar-refractivity contribution in [2.45, 2.75) is 64.5 Å². The number of aliphatic hydroxyl groups excluding tert-OH is 1. The molecule has 3 amide bonds. The zero-order chi connectivity index (χ0) is 21.2. The van der Waals surface area contributed by atoms with Crippen molar-refractivity contribution in [1.29, 1.82) is 0 Å². The van der Waals surface area contributed by atoms with E-state index in [-0.39, 0.29) is 24.5 Å². The molecule has 160 valence electrons. The van der Waals surface area contributed by atoms with E-state index in [1.54, 1.807) is 24.3 Å². The molecule has 1 saturated carbocycles. The van der Waals surface area contributed by atoms with Gasteiger partial charge in [-0.25, -0.2) is 4.79 Å². The molecule has 1 aliphatic heterocycles. The average molecular weight is 423 g/mol. The number of carbonyl (C=O) groups excluding carboxylic acids is 2. The minimum absolute atomic E-state index is 0.0154. The van der Waals surface area contributed by atoms with E-state index < -0.39 is 17.7 Å². The first kappa shape index (κ1) is 21.9. The number of β-amino-alcohol motifs (C(OH)–C–C–N with tert-alkyl or cyclic N) is 1. The van der Waals surface area contributed by atoms with Crippen LogP contribution in [0.1, 0.15) is 52.9 Å². The largest absolute Gasteiger partial charge is 0.491 e. The fraction of sp³-hybridized carbons (Fsp3) is 0.636. The number of nitrogens with one attached hydrogen (secondary N) is 1. The van der Waals surface area contributed by atoms with Gasteiger partial charge in [0.05, 0.1) is 6.54 Å². The molecule has 1 atom stereocenters. The average Bonchev–Trinajstić information content (AvgIpc) is 2.92. The van der Waals surface area contributed by atoms with Crippen molar-refractivity contribution >= 4 is 23.5 Å². The maximum Gasteiger partial charge on any atom is 0.325 e. The van der Waals surface area contributed by atoms with Crippen LogP contribution < -0.4 is 10.1 Å². The number of hydrogen-bond acceptors (Lipinski definition) is 4. The molecule has 1 aliphatic carbocycles. The predicted molar refractivity (Wildman–Crippen MR) is 112 cm³/mol. The molecule has 7 heteroatoms. The van der Waals surface area contributed by atoms with E-state index in [2.05, 4.69) is 26.1 Å². The Hall–Kier alpha value is -1.79. The maximum atomic E-state index is 13.0. The third-order valence-electron chi connectivity index (χ3n) is 6.75. The number of ether oxygens (including phenoxy) is 1. The molecule has 1 heterocycles. The third kappa shape index (κ3) is 4.69. The lowest BCUT2D eigenvalue weighted by Crippen LogP contribution is -2.51. The second-order valence-electron chi connectivity index (χ2n) is 8.96. The lowest BCUT2D eigenvalue weighted by Gasteiger charge is -2.42. The summed E-state index contributed by atoms with van der Waals surface area (Å²) in [7, 11) is 0. The van der Waals surface area contributed by atoms with Gasteiger partial charge in [-0.05, 0) is 61.3 Å². The summed E-state index contributed by atoms with van der Waals surface area (Å²) in [6, 6.07) is 6.37. The molecule has 1 aromatic rings. The number of halogens is 1. The third-order valence-corrected chi connectivity index (χ3v) is 7.00. The van der Waals surface area contributed by atoms with Crippen LogP contribution >= 0.6 is 11.6 Å². The molecule has 1 aromatic carbocycles. The van der Waals surface area contributed by atoms with Gasteiger partial charge in [-0.2, -0.15) is 0 Å². The van der Waals surface area contributed by atoms with Crippen LogP contribution in [0.15, 0.2) is 24.3 Å². The van der Waals surface area contributed by atoms with E-state index in [0.717, 1.165) is 24.2 Å². The molecule has 3 rings (SSSR count). The summed E-state index contributed by atoms with van der Waals surface area (Å²) in [4.78, 5) is 26.6. The highest BCUT2D eigenvalue weighted by Crippen LogP contribution is 2.45. The van der Waals surface area contributed by atoms with Gasteiger partial charge in [0.2, 0.25) is 0 Å². The number of aliphatic hydroxyl groups is 1. The Morgan fingerprint density at radius 1 is 1.28 bits per heavy atom. The normalized spacial score (nSPS) is 26.0. The van der Waals surface area contributed by atoms with Crippen molar-refractivity contribution in [3.63, 3.8) is 0 Å². The van der Waals surface area contributed by atoms with Gasteiger partial charge in [0.25, 0.3) is 5.91 Å². The Balaban J connectivity index is 1.56. The zero-order valence-corrected chi connectivity index (χ0v) is 18.2. The predicted octanol–water partition coefficient (Wildman–Crippen LogP) is 4.00. The Morgan fingerprint density at radius 3 is 2.48 bits per heavy atom. The molecule has 29 heavy (non-hydrogen) atoms. The fourth-order valence-electron chi connectivity index (χ4n) is 4.35. The molecular formula is C22H31ClN2O4. The van der Waals surface area contributed by atoms with Crippen molar-refractivity contribution in [3.8, 4) is 5.75 Å². The Morgan fingerprint density at radius 2 is 1.90 bits per heavy atom.